The predicted octanol–water partition coefficient (Wildman–Crippen LogP) is 3.32. The Morgan fingerprint density at radius 1 is 1.03 bits per heavy atom. The summed E-state index contributed by atoms with van der Waals surface area (Å²) in [6, 6.07) is 3.89. The molecule has 3 heterocycles. The third kappa shape index (κ3) is 4.13. The molecule has 30 heavy (non-hydrogen) atoms. The van der Waals surface area contributed by atoms with Crippen LogP contribution in [0.1, 0.15) is 42.5 Å². The van der Waals surface area contributed by atoms with Crippen LogP contribution in [0.2, 0.25) is 0 Å². The highest BCUT2D eigenvalue weighted by atomic mass is 19.1. The Labute approximate surface area is 173 Å². The lowest BCUT2D eigenvalue weighted by atomic mass is 10.1. The van der Waals surface area contributed by atoms with Crippen LogP contribution in [-0.2, 0) is 13.1 Å². The molecule has 0 radical (unpaired) electrons. The van der Waals surface area contributed by atoms with E-state index >= 15 is 0 Å². The second kappa shape index (κ2) is 8.23. The summed E-state index contributed by atoms with van der Waals surface area (Å²) in [5.74, 6) is 0.808. The Balaban J connectivity index is 1.22. The van der Waals surface area contributed by atoms with Gasteiger partial charge < -0.3 is 4.52 Å². The van der Waals surface area contributed by atoms with Crippen molar-refractivity contribution in [3.05, 3.63) is 53.3 Å². The smallest absolute Gasteiger partial charge is 0.229 e. The van der Waals surface area contributed by atoms with Crippen LogP contribution in [0.5, 0.6) is 0 Å². The quantitative estimate of drug-likeness (QED) is 0.667. The molecule has 9 heteroatoms. The average Bonchev–Trinajstić information content (AvgIpc) is 3.38. The number of nitrogens with one attached hydrogen (secondary N) is 1. The van der Waals surface area contributed by atoms with Gasteiger partial charge in [0.05, 0.1) is 24.0 Å². The highest BCUT2D eigenvalue weighted by molar-refractivity contribution is 5.64. The van der Waals surface area contributed by atoms with Crippen LogP contribution in [0.15, 0.2) is 28.9 Å². The summed E-state index contributed by atoms with van der Waals surface area (Å²) in [7, 11) is 0. The number of H-pyrrole nitrogens is 1. The summed E-state index contributed by atoms with van der Waals surface area (Å²) in [6.07, 6.45) is 4.94. The van der Waals surface area contributed by atoms with Crippen LogP contribution in [-0.4, -0.2) is 56.3 Å². The largest absolute Gasteiger partial charge is 0.339 e. The van der Waals surface area contributed by atoms with E-state index in [0.717, 1.165) is 62.7 Å². The van der Waals surface area contributed by atoms with Crippen molar-refractivity contribution >= 4 is 0 Å². The average molecular weight is 414 g/mol. The second-order valence-corrected chi connectivity index (χ2v) is 8.10. The van der Waals surface area contributed by atoms with Gasteiger partial charge in [0.25, 0.3) is 0 Å². The molecule has 0 unspecified atom stereocenters. The van der Waals surface area contributed by atoms with Gasteiger partial charge in [-0.3, -0.25) is 14.9 Å². The van der Waals surface area contributed by atoms with Crippen LogP contribution in [0.25, 0.3) is 11.3 Å². The number of benzene rings is 1. The molecule has 158 valence electrons. The standard InChI is InChI=1S/C21H24F2N6O/c22-16-3-1-4-17(23)19(16)20-15(11-24-26-20)12-28-7-2-8-29(10-9-28)13-18-25-21(30-27-18)14-5-6-14/h1,3-4,11,14H,2,5-10,12-13H2,(H,24,26). The van der Waals surface area contributed by atoms with E-state index in [-0.39, 0.29) is 5.56 Å². The topological polar surface area (TPSA) is 74.1 Å². The summed E-state index contributed by atoms with van der Waals surface area (Å²) in [6.45, 7) is 4.83. The molecule has 2 fully saturated rings. The highest BCUT2D eigenvalue weighted by Crippen LogP contribution is 2.38. The Morgan fingerprint density at radius 3 is 2.50 bits per heavy atom. The fraction of sp³-hybridized carbons (Fsp3) is 0.476. The number of rotatable bonds is 6. The molecule has 1 saturated heterocycles. The van der Waals surface area contributed by atoms with Gasteiger partial charge in [0.15, 0.2) is 5.82 Å². The number of hydrogen-bond acceptors (Lipinski definition) is 6. The first-order valence-electron chi connectivity index (χ1n) is 10.4. The Bertz CT molecular complexity index is 994. The molecule has 7 nitrogen and oxygen atoms in total. The van der Waals surface area contributed by atoms with E-state index in [4.69, 9.17) is 4.52 Å². The second-order valence-electron chi connectivity index (χ2n) is 8.10. The lowest BCUT2D eigenvalue weighted by molar-refractivity contribution is 0.241. The lowest BCUT2D eigenvalue weighted by Crippen LogP contribution is -2.30. The number of aromatic nitrogens is 4. The molecule has 1 saturated carbocycles. The van der Waals surface area contributed by atoms with E-state index in [1.165, 1.54) is 18.2 Å². The predicted molar refractivity (Wildman–Crippen MR) is 105 cm³/mol. The number of nitrogens with zero attached hydrogens (tertiary/aromatic N) is 5. The van der Waals surface area contributed by atoms with Gasteiger partial charge in [-0.05, 0) is 44.5 Å². The van der Waals surface area contributed by atoms with Gasteiger partial charge in [-0.15, -0.1) is 0 Å². The Hall–Kier alpha value is -2.65. The normalized spacial score (nSPS) is 18.6. The van der Waals surface area contributed by atoms with Gasteiger partial charge in [-0.1, -0.05) is 11.2 Å². The Morgan fingerprint density at radius 2 is 1.77 bits per heavy atom. The van der Waals surface area contributed by atoms with Crippen LogP contribution < -0.4 is 0 Å². The molecule has 1 aliphatic heterocycles. The molecule has 2 aliphatic rings. The molecule has 0 atom stereocenters. The van der Waals surface area contributed by atoms with Gasteiger partial charge in [-0.25, -0.2) is 8.78 Å². The monoisotopic (exact) mass is 414 g/mol. The fourth-order valence-electron chi connectivity index (χ4n) is 3.99. The number of aromatic amines is 1. The van der Waals surface area contributed by atoms with E-state index in [1.807, 2.05) is 0 Å². The molecule has 1 aromatic carbocycles. The van der Waals surface area contributed by atoms with Crippen LogP contribution in [0.3, 0.4) is 0 Å². The van der Waals surface area contributed by atoms with Crippen molar-refractivity contribution < 1.29 is 13.3 Å². The van der Waals surface area contributed by atoms with Crippen LogP contribution in [0, 0.1) is 11.6 Å². The fourth-order valence-corrected chi connectivity index (χ4v) is 3.99. The molecule has 3 aromatic rings. The number of halogens is 2. The zero-order valence-corrected chi connectivity index (χ0v) is 16.7. The summed E-state index contributed by atoms with van der Waals surface area (Å²) in [5.41, 5.74) is 1.15. The SMILES string of the molecule is Fc1cccc(F)c1-c1[nH]ncc1CN1CCCN(Cc2noc(C3CC3)n2)CC1. The van der Waals surface area contributed by atoms with E-state index in [2.05, 4.69) is 30.1 Å². The molecule has 0 spiro atoms. The Kier molecular flexibility index (Phi) is 5.30. The van der Waals surface area contributed by atoms with E-state index in [0.29, 0.717) is 24.7 Å². The van der Waals surface area contributed by atoms with Crippen molar-refractivity contribution in [1.82, 2.24) is 30.1 Å². The van der Waals surface area contributed by atoms with Crippen molar-refractivity contribution in [2.45, 2.75) is 38.3 Å². The molecule has 5 rings (SSSR count). The molecular weight excluding hydrogens is 390 g/mol. The van der Waals surface area contributed by atoms with E-state index in [9.17, 15) is 8.78 Å². The van der Waals surface area contributed by atoms with E-state index in [1.54, 1.807) is 6.20 Å². The highest BCUT2D eigenvalue weighted by Gasteiger charge is 2.30. The van der Waals surface area contributed by atoms with E-state index < -0.39 is 11.6 Å². The van der Waals surface area contributed by atoms with Gasteiger partial charge in [0, 0.05) is 31.1 Å². The van der Waals surface area contributed by atoms with Gasteiger partial charge in [0.2, 0.25) is 5.89 Å². The minimum absolute atomic E-state index is 0.0509. The summed E-state index contributed by atoms with van der Waals surface area (Å²) in [5, 5.41) is 10.9. The minimum Gasteiger partial charge on any atom is -0.339 e. The molecule has 1 aliphatic carbocycles. The molecule has 0 amide bonds. The number of hydrogen-bond donors (Lipinski definition) is 1. The van der Waals surface area contributed by atoms with Crippen molar-refractivity contribution in [2.75, 3.05) is 26.2 Å². The van der Waals surface area contributed by atoms with Crippen LogP contribution >= 0.6 is 0 Å². The zero-order chi connectivity index (χ0) is 20.5. The van der Waals surface area contributed by atoms with Gasteiger partial charge in [0.1, 0.15) is 11.6 Å². The molecular formula is C21H24F2N6O. The van der Waals surface area contributed by atoms with Crippen molar-refractivity contribution in [2.24, 2.45) is 0 Å². The first-order valence-corrected chi connectivity index (χ1v) is 10.4. The van der Waals surface area contributed by atoms with Crippen LogP contribution in [0.4, 0.5) is 8.78 Å². The maximum Gasteiger partial charge on any atom is 0.229 e. The summed E-state index contributed by atoms with van der Waals surface area (Å²) in [4.78, 5) is 9.14. The van der Waals surface area contributed by atoms with Crippen molar-refractivity contribution in [3.63, 3.8) is 0 Å². The minimum atomic E-state index is -0.590. The molecule has 1 N–H and O–H groups in total. The summed E-state index contributed by atoms with van der Waals surface area (Å²) < 4.78 is 33.8. The lowest BCUT2D eigenvalue weighted by Gasteiger charge is -2.21. The summed E-state index contributed by atoms with van der Waals surface area (Å²) >= 11 is 0. The maximum atomic E-state index is 14.2. The molecule has 2 aromatic heterocycles. The first kappa shape index (κ1) is 19.3. The van der Waals surface area contributed by atoms with Gasteiger partial charge in [-0.2, -0.15) is 10.1 Å². The zero-order valence-electron chi connectivity index (χ0n) is 16.7. The third-order valence-electron chi connectivity index (χ3n) is 5.78. The third-order valence-corrected chi connectivity index (χ3v) is 5.78. The maximum absolute atomic E-state index is 14.2. The molecule has 0 bridgehead atoms. The van der Waals surface area contributed by atoms with Crippen molar-refractivity contribution in [1.29, 1.82) is 0 Å². The van der Waals surface area contributed by atoms with Crippen molar-refractivity contribution in [3.8, 4) is 11.3 Å². The first-order chi connectivity index (χ1) is 14.7. The van der Waals surface area contributed by atoms with Gasteiger partial charge >= 0.3 is 0 Å².